The van der Waals surface area contributed by atoms with Gasteiger partial charge in [-0.25, -0.2) is 8.78 Å². The lowest BCUT2D eigenvalue weighted by Crippen LogP contribution is -2.45. The fraction of sp³-hybridized carbons (Fsp3) is 0.579. The molecule has 8 heteroatoms. The Morgan fingerprint density at radius 2 is 1.81 bits per heavy atom. The number of halogens is 3. The van der Waals surface area contributed by atoms with Crippen molar-refractivity contribution in [3.8, 4) is 5.75 Å². The molecule has 150 valence electrons. The van der Waals surface area contributed by atoms with Crippen molar-refractivity contribution in [2.45, 2.75) is 51.0 Å². The van der Waals surface area contributed by atoms with Crippen molar-refractivity contribution in [1.29, 1.82) is 0 Å². The number of ether oxygens (including phenoxy) is 1. The van der Waals surface area contributed by atoms with E-state index in [9.17, 15) is 22.8 Å². The summed E-state index contributed by atoms with van der Waals surface area (Å²) in [6.45, 7) is -0.219. The van der Waals surface area contributed by atoms with Gasteiger partial charge in [-0.3, -0.25) is 9.59 Å². The molecule has 0 unspecified atom stereocenters. The number of nitrogens with one attached hydrogen (secondary N) is 1. The average molecular weight is 386 g/mol. The van der Waals surface area contributed by atoms with Crippen molar-refractivity contribution in [2.75, 3.05) is 13.2 Å². The van der Waals surface area contributed by atoms with Crippen molar-refractivity contribution < 1.29 is 27.5 Å². The van der Waals surface area contributed by atoms with Crippen LogP contribution in [-0.4, -0.2) is 30.9 Å². The molecule has 0 spiro atoms. The van der Waals surface area contributed by atoms with E-state index in [1.165, 1.54) is 0 Å². The van der Waals surface area contributed by atoms with Crippen LogP contribution < -0.4 is 15.8 Å². The molecule has 2 rings (SSSR count). The second kappa shape index (κ2) is 10.3. The molecule has 27 heavy (non-hydrogen) atoms. The van der Waals surface area contributed by atoms with Gasteiger partial charge in [-0.1, -0.05) is 12.8 Å². The normalized spacial score (nSPS) is 15.6. The van der Waals surface area contributed by atoms with Crippen LogP contribution in [0.2, 0.25) is 0 Å². The molecule has 1 aromatic carbocycles. The van der Waals surface area contributed by atoms with E-state index in [-0.39, 0.29) is 11.8 Å². The van der Waals surface area contributed by atoms with Gasteiger partial charge in [0, 0.05) is 5.92 Å². The number of Topliss-reactive ketones (excluding diaryl/α,β-unsaturated/α-hetero) is 1. The first-order valence-electron chi connectivity index (χ1n) is 9.23. The highest BCUT2D eigenvalue weighted by Crippen LogP contribution is 2.25. The Kier molecular flexibility index (Phi) is 8.09. The average Bonchev–Trinajstić information content (AvgIpc) is 3.19. The second-order valence-corrected chi connectivity index (χ2v) is 6.75. The highest BCUT2D eigenvalue weighted by molar-refractivity contribution is 5.90. The molecule has 1 aromatic rings. The predicted octanol–water partition coefficient (Wildman–Crippen LogP) is 2.86. The molecule has 1 aliphatic rings. The number of rotatable bonds is 10. The summed E-state index contributed by atoms with van der Waals surface area (Å²) in [5, 5.41) is 2.72. The van der Waals surface area contributed by atoms with Crippen LogP contribution >= 0.6 is 0 Å². The van der Waals surface area contributed by atoms with Gasteiger partial charge >= 0.3 is 0 Å². The molecule has 1 fully saturated rings. The minimum absolute atomic E-state index is 0.117. The van der Waals surface area contributed by atoms with Crippen LogP contribution in [0.25, 0.3) is 0 Å². The Morgan fingerprint density at radius 1 is 1.15 bits per heavy atom. The van der Waals surface area contributed by atoms with E-state index in [4.69, 9.17) is 10.5 Å². The SMILES string of the molecule is NCCCC[C@@H](NC(=O)C1CCCC1)C(=O)COc1c(F)ccc(F)c1F. The molecule has 1 amide bonds. The summed E-state index contributed by atoms with van der Waals surface area (Å²) in [6.07, 6.45) is 5.16. The molecular formula is C19H25F3N2O3. The molecule has 0 heterocycles. The first kappa shape index (κ1) is 21.2. The molecule has 1 atom stereocenters. The second-order valence-electron chi connectivity index (χ2n) is 6.75. The van der Waals surface area contributed by atoms with E-state index in [1.54, 1.807) is 0 Å². The number of carbonyl (C=O) groups is 2. The molecule has 0 radical (unpaired) electrons. The molecular weight excluding hydrogens is 361 g/mol. The maximum atomic E-state index is 13.6. The molecule has 1 aliphatic carbocycles. The van der Waals surface area contributed by atoms with E-state index in [2.05, 4.69) is 5.32 Å². The van der Waals surface area contributed by atoms with Gasteiger partial charge in [-0.15, -0.1) is 0 Å². The molecule has 0 bridgehead atoms. The van der Waals surface area contributed by atoms with Crippen LogP contribution in [-0.2, 0) is 9.59 Å². The Morgan fingerprint density at radius 3 is 2.48 bits per heavy atom. The first-order valence-corrected chi connectivity index (χ1v) is 9.23. The van der Waals surface area contributed by atoms with Crippen LogP contribution in [0.4, 0.5) is 13.2 Å². The summed E-state index contributed by atoms with van der Waals surface area (Å²) in [5.74, 6) is -5.63. The number of hydrogen-bond acceptors (Lipinski definition) is 4. The topological polar surface area (TPSA) is 81.4 Å². The van der Waals surface area contributed by atoms with Crippen LogP contribution in [0, 0.1) is 23.4 Å². The number of amides is 1. The van der Waals surface area contributed by atoms with E-state index in [0.29, 0.717) is 31.9 Å². The van der Waals surface area contributed by atoms with Crippen molar-refractivity contribution >= 4 is 11.7 Å². The predicted molar refractivity (Wildman–Crippen MR) is 93.6 cm³/mol. The van der Waals surface area contributed by atoms with Gasteiger partial charge in [0.1, 0.15) is 6.61 Å². The van der Waals surface area contributed by atoms with Crippen LogP contribution in [0.3, 0.4) is 0 Å². The molecule has 5 nitrogen and oxygen atoms in total. The lowest BCUT2D eigenvalue weighted by atomic mass is 10.0. The van der Waals surface area contributed by atoms with Crippen LogP contribution in [0.15, 0.2) is 12.1 Å². The quantitative estimate of drug-likeness (QED) is 0.479. The van der Waals surface area contributed by atoms with Crippen LogP contribution in [0.1, 0.15) is 44.9 Å². The summed E-state index contributed by atoms with van der Waals surface area (Å²) < 4.78 is 45.4. The van der Waals surface area contributed by atoms with Gasteiger partial charge in [-0.2, -0.15) is 4.39 Å². The third-order valence-corrected chi connectivity index (χ3v) is 4.74. The lowest BCUT2D eigenvalue weighted by Gasteiger charge is -2.20. The van der Waals surface area contributed by atoms with E-state index in [0.717, 1.165) is 31.7 Å². The minimum atomic E-state index is -1.49. The fourth-order valence-electron chi connectivity index (χ4n) is 3.17. The largest absolute Gasteiger partial charge is 0.480 e. The number of ketones is 1. The van der Waals surface area contributed by atoms with E-state index >= 15 is 0 Å². The summed E-state index contributed by atoms with van der Waals surface area (Å²) in [4.78, 5) is 24.8. The Labute approximate surface area is 156 Å². The van der Waals surface area contributed by atoms with Crippen molar-refractivity contribution in [2.24, 2.45) is 11.7 Å². The fourth-order valence-corrected chi connectivity index (χ4v) is 3.17. The van der Waals surface area contributed by atoms with Gasteiger partial charge in [0.15, 0.2) is 23.2 Å². The number of hydrogen-bond donors (Lipinski definition) is 2. The number of carbonyl (C=O) groups excluding carboxylic acids is 2. The Hall–Kier alpha value is -2.09. The maximum absolute atomic E-state index is 13.6. The maximum Gasteiger partial charge on any atom is 0.223 e. The number of benzene rings is 1. The summed E-state index contributed by atoms with van der Waals surface area (Å²) in [7, 11) is 0. The third-order valence-electron chi connectivity index (χ3n) is 4.74. The van der Waals surface area contributed by atoms with Gasteiger partial charge in [0.05, 0.1) is 6.04 Å². The third kappa shape index (κ3) is 5.95. The van der Waals surface area contributed by atoms with E-state index < -0.39 is 41.6 Å². The molecule has 1 saturated carbocycles. The smallest absolute Gasteiger partial charge is 0.223 e. The first-order chi connectivity index (χ1) is 12.9. The molecule has 0 aromatic heterocycles. The van der Waals surface area contributed by atoms with Crippen molar-refractivity contribution in [3.63, 3.8) is 0 Å². The zero-order valence-corrected chi connectivity index (χ0v) is 15.1. The monoisotopic (exact) mass is 386 g/mol. The molecule has 3 N–H and O–H groups in total. The Balaban J connectivity index is 1.99. The number of unbranched alkanes of at least 4 members (excludes halogenated alkanes) is 1. The summed E-state index contributed by atoms with van der Waals surface area (Å²) in [5.41, 5.74) is 5.46. The summed E-state index contributed by atoms with van der Waals surface area (Å²) >= 11 is 0. The van der Waals surface area contributed by atoms with Gasteiger partial charge < -0.3 is 15.8 Å². The highest BCUT2D eigenvalue weighted by atomic mass is 19.2. The zero-order valence-electron chi connectivity index (χ0n) is 15.1. The van der Waals surface area contributed by atoms with Crippen molar-refractivity contribution in [1.82, 2.24) is 5.32 Å². The summed E-state index contributed by atoms with van der Waals surface area (Å²) in [6, 6.07) is 0.527. The minimum Gasteiger partial charge on any atom is -0.480 e. The highest BCUT2D eigenvalue weighted by Gasteiger charge is 2.28. The Bertz CT molecular complexity index is 664. The van der Waals surface area contributed by atoms with Gasteiger partial charge in [-0.05, 0) is 50.8 Å². The molecule has 0 aliphatic heterocycles. The standard InChI is InChI=1S/C19H25F3N2O3/c20-13-8-9-14(21)18(17(13)22)27-11-16(25)15(7-3-4-10-23)24-19(26)12-5-1-2-6-12/h8-9,12,15H,1-7,10-11,23H2,(H,24,26)/t15-/m1/s1. The lowest BCUT2D eigenvalue weighted by molar-refractivity contribution is -0.131. The van der Waals surface area contributed by atoms with Gasteiger partial charge in [0.2, 0.25) is 11.7 Å². The van der Waals surface area contributed by atoms with E-state index in [1.807, 2.05) is 0 Å². The molecule has 0 saturated heterocycles. The van der Waals surface area contributed by atoms with Gasteiger partial charge in [0.25, 0.3) is 0 Å². The van der Waals surface area contributed by atoms with Crippen molar-refractivity contribution in [3.05, 3.63) is 29.6 Å². The van der Waals surface area contributed by atoms with Crippen LogP contribution in [0.5, 0.6) is 5.75 Å². The number of nitrogens with two attached hydrogens (primary N) is 1. The zero-order chi connectivity index (χ0) is 19.8.